The molecule has 0 bridgehead atoms. The zero-order valence-corrected chi connectivity index (χ0v) is 22.0. The third kappa shape index (κ3) is 5.50. The molecule has 2 heterocycles. The first-order valence-electron chi connectivity index (χ1n) is 12.9. The number of fused-ring (bicyclic) bond motifs is 3. The number of hydrogen-bond donors (Lipinski definition) is 3. The van der Waals surface area contributed by atoms with E-state index in [0.29, 0.717) is 49.4 Å². The van der Waals surface area contributed by atoms with Crippen LogP contribution in [0.15, 0.2) is 36.4 Å². The topological polar surface area (TPSA) is 77.6 Å². The van der Waals surface area contributed by atoms with Gasteiger partial charge in [0.1, 0.15) is 18.2 Å². The molecule has 1 unspecified atom stereocenters. The number of benzene rings is 2. The molecule has 0 amide bonds. The van der Waals surface area contributed by atoms with Gasteiger partial charge < -0.3 is 20.1 Å². The van der Waals surface area contributed by atoms with Gasteiger partial charge in [0.25, 0.3) is 0 Å². The highest BCUT2D eigenvalue weighted by atomic mass is 19.1. The lowest BCUT2D eigenvalue weighted by Gasteiger charge is -2.49. The Morgan fingerprint density at radius 2 is 2.03 bits per heavy atom. The van der Waals surface area contributed by atoms with Crippen LogP contribution >= 0.6 is 0 Å². The van der Waals surface area contributed by atoms with Crippen molar-refractivity contribution in [2.75, 3.05) is 32.9 Å². The quantitative estimate of drug-likeness (QED) is 0.300. The Balaban J connectivity index is 1.79. The largest absolute Gasteiger partial charge is 0.492 e. The number of carboxylic acid groups (broad SMARTS) is 1. The van der Waals surface area contributed by atoms with Gasteiger partial charge in [-0.05, 0) is 69.5 Å². The maximum atomic E-state index is 15.8. The maximum absolute atomic E-state index is 15.8. The van der Waals surface area contributed by atoms with E-state index < -0.39 is 23.5 Å². The summed E-state index contributed by atoms with van der Waals surface area (Å²) in [6, 6.07) is 10.6. The number of H-pyrrole nitrogens is 1. The van der Waals surface area contributed by atoms with Crippen LogP contribution in [0.5, 0.6) is 5.75 Å². The average Bonchev–Trinajstić information content (AvgIpc) is 3.21. The molecule has 2 atom stereocenters. The fourth-order valence-electron chi connectivity index (χ4n) is 5.43. The van der Waals surface area contributed by atoms with E-state index in [1.165, 1.54) is 6.07 Å². The smallest absolute Gasteiger partial charge is 0.307 e. The molecule has 200 valence electrons. The Morgan fingerprint density at radius 3 is 2.76 bits per heavy atom. The minimum absolute atomic E-state index is 0.268. The van der Waals surface area contributed by atoms with Crippen LogP contribution in [0.25, 0.3) is 10.9 Å². The average molecular weight is 514 g/mol. The van der Waals surface area contributed by atoms with Crippen molar-refractivity contribution in [2.45, 2.75) is 52.1 Å². The number of carboxylic acids is 1. The van der Waals surface area contributed by atoms with Crippen LogP contribution < -0.4 is 10.1 Å². The number of aliphatic carboxylic acids is 1. The molecule has 0 radical (unpaired) electrons. The number of aromatic nitrogens is 1. The van der Waals surface area contributed by atoms with Crippen molar-refractivity contribution >= 4 is 16.9 Å². The number of para-hydroxylation sites is 1. The van der Waals surface area contributed by atoms with E-state index in [1.807, 2.05) is 25.1 Å². The number of alkyl halides is 1. The van der Waals surface area contributed by atoms with Crippen LogP contribution in [-0.4, -0.2) is 59.4 Å². The van der Waals surface area contributed by atoms with Gasteiger partial charge in [-0.1, -0.05) is 25.1 Å². The molecule has 0 fully saturated rings. The first kappa shape index (κ1) is 27.1. The summed E-state index contributed by atoms with van der Waals surface area (Å²) in [5.74, 6) is -1.29. The van der Waals surface area contributed by atoms with E-state index in [4.69, 9.17) is 4.74 Å². The molecule has 8 heteroatoms. The third-order valence-corrected chi connectivity index (χ3v) is 7.42. The molecule has 3 aromatic rings. The van der Waals surface area contributed by atoms with Crippen molar-refractivity contribution in [1.29, 1.82) is 0 Å². The summed E-state index contributed by atoms with van der Waals surface area (Å²) < 4.78 is 34.1. The minimum Gasteiger partial charge on any atom is -0.492 e. The molecule has 0 spiro atoms. The fraction of sp³-hybridized carbons (Fsp3) is 0.483. The van der Waals surface area contributed by atoms with E-state index in [9.17, 15) is 14.3 Å². The number of halogens is 2. The predicted octanol–water partition coefficient (Wildman–Crippen LogP) is 5.39. The lowest BCUT2D eigenvalue weighted by Crippen LogP contribution is -2.53. The number of nitrogens with zero attached hydrogens (tertiary/aromatic N) is 1. The second-order valence-corrected chi connectivity index (χ2v) is 10.6. The minimum atomic E-state index is -0.883. The van der Waals surface area contributed by atoms with E-state index in [0.717, 1.165) is 22.2 Å². The van der Waals surface area contributed by atoms with Gasteiger partial charge in [0.2, 0.25) is 0 Å². The predicted molar refractivity (Wildman–Crippen MR) is 142 cm³/mol. The fourth-order valence-corrected chi connectivity index (χ4v) is 5.43. The summed E-state index contributed by atoms with van der Waals surface area (Å²) in [5.41, 5.74) is 3.75. The van der Waals surface area contributed by atoms with Crippen LogP contribution in [0.4, 0.5) is 8.78 Å². The third-order valence-electron chi connectivity index (χ3n) is 7.42. The van der Waals surface area contributed by atoms with Gasteiger partial charge in [0.05, 0.1) is 18.6 Å². The van der Waals surface area contributed by atoms with Crippen molar-refractivity contribution in [3.63, 3.8) is 0 Å². The van der Waals surface area contributed by atoms with Crippen LogP contribution in [0.2, 0.25) is 0 Å². The molecule has 0 saturated carbocycles. The summed E-state index contributed by atoms with van der Waals surface area (Å²) in [6.45, 7) is 9.13. The number of nitrogens with one attached hydrogen (secondary N) is 2. The van der Waals surface area contributed by atoms with Crippen molar-refractivity contribution in [1.82, 2.24) is 15.2 Å². The zero-order valence-electron chi connectivity index (χ0n) is 22.0. The SMILES string of the molecule is Cc1c(OCCNCCCF)ccc(F)c1[C@@H]1c2[nH]c3ccccc3c2CC(C)(C)N1CC(C)C(=O)O. The van der Waals surface area contributed by atoms with E-state index >= 15 is 4.39 Å². The Labute approximate surface area is 217 Å². The standard InChI is InChI=1S/C29H37F2N3O3/c1-18(28(35)36)17-34-27(26-21(16-29(34,3)4)20-8-5-6-9-23(20)33-26)25-19(2)24(11-10-22(25)31)37-15-14-32-13-7-12-30/h5-6,8-11,18,27,32-33H,7,12-17H2,1-4H3,(H,35,36)/t18?,27-/m1/s1. The number of carbonyl (C=O) groups is 1. The van der Waals surface area contributed by atoms with Crippen molar-refractivity contribution in [3.8, 4) is 5.75 Å². The number of hydrogen-bond acceptors (Lipinski definition) is 4. The molecule has 0 aliphatic carbocycles. The Kier molecular flexibility index (Phi) is 8.19. The molecule has 3 N–H and O–H groups in total. The second kappa shape index (κ2) is 11.2. The summed E-state index contributed by atoms with van der Waals surface area (Å²) in [4.78, 5) is 17.5. The first-order valence-corrected chi connectivity index (χ1v) is 12.9. The van der Waals surface area contributed by atoms with Crippen LogP contribution in [0.3, 0.4) is 0 Å². The van der Waals surface area contributed by atoms with Crippen molar-refractivity contribution in [2.24, 2.45) is 5.92 Å². The summed E-state index contributed by atoms with van der Waals surface area (Å²) >= 11 is 0. The molecule has 0 saturated heterocycles. The molecule has 6 nitrogen and oxygen atoms in total. The van der Waals surface area contributed by atoms with Gasteiger partial charge in [0.15, 0.2) is 0 Å². The summed E-state index contributed by atoms with van der Waals surface area (Å²) in [5, 5.41) is 14.0. The van der Waals surface area contributed by atoms with Crippen LogP contribution in [-0.2, 0) is 11.2 Å². The number of ether oxygens (including phenoxy) is 1. The highest BCUT2D eigenvalue weighted by Gasteiger charge is 2.44. The van der Waals surface area contributed by atoms with E-state index in [2.05, 4.69) is 35.1 Å². The normalized spacial score (nSPS) is 18.1. The lowest BCUT2D eigenvalue weighted by molar-refractivity contribution is -0.142. The molecule has 1 aliphatic heterocycles. The number of rotatable bonds is 11. The summed E-state index contributed by atoms with van der Waals surface area (Å²) in [7, 11) is 0. The Morgan fingerprint density at radius 1 is 1.27 bits per heavy atom. The molecule has 4 rings (SSSR count). The lowest BCUT2D eigenvalue weighted by atomic mass is 9.79. The zero-order chi connectivity index (χ0) is 26.7. The Hall–Kier alpha value is -2.97. The van der Waals surface area contributed by atoms with Gasteiger partial charge in [-0.2, -0.15) is 0 Å². The Bertz CT molecular complexity index is 1260. The highest BCUT2D eigenvalue weighted by molar-refractivity contribution is 5.85. The summed E-state index contributed by atoms with van der Waals surface area (Å²) in [6.07, 6.45) is 1.16. The molecule has 1 aromatic heterocycles. The maximum Gasteiger partial charge on any atom is 0.307 e. The van der Waals surface area contributed by atoms with Gasteiger partial charge in [-0.15, -0.1) is 0 Å². The van der Waals surface area contributed by atoms with E-state index in [1.54, 1.807) is 13.0 Å². The van der Waals surface area contributed by atoms with Crippen LogP contribution in [0.1, 0.15) is 55.6 Å². The highest BCUT2D eigenvalue weighted by Crippen LogP contribution is 2.47. The second-order valence-electron chi connectivity index (χ2n) is 10.6. The molecule has 2 aromatic carbocycles. The number of aromatic amines is 1. The van der Waals surface area contributed by atoms with Crippen molar-refractivity contribution < 1.29 is 23.4 Å². The van der Waals surface area contributed by atoms with Gasteiger partial charge >= 0.3 is 5.97 Å². The van der Waals surface area contributed by atoms with E-state index in [-0.39, 0.29) is 19.0 Å². The van der Waals surface area contributed by atoms with Gasteiger partial charge in [0, 0.05) is 40.8 Å². The monoisotopic (exact) mass is 513 g/mol. The molecular weight excluding hydrogens is 476 g/mol. The van der Waals surface area contributed by atoms with Crippen LogP contribution in [0, 0.1) is 18.7 Å². The molecular formula is C29H37F2N3O3. The molecule has 37 heavy (non-hydrogen) atoms. The van der Waals surface area contributed by atoms with Gasteiger partial charge in [-0.25, -0.2) is 4.39 Å². The van der Waals surface area contributed by atoms with Crippen molar-refractivity contribution in [3.05, 3.63) is 64.6 Å². The first-order chi connectivity index (χ1) is 17.7. The van der Waals surface area contributed by atoms with Gasteiger partial charge in [-0.3, -0.25) is 14.1 Å². The molecule has 1 aliphatic rings.